The predicted octanol–water partition coefficient (Wildman–Crippen LogP) is 6.34. The fraction of sp³-hybridized carbons (Fsp3) is 0. The van der Waals surface area contributed by atoms with Gasteiger partial charge < -0.3 is 0 Å². The van der Waals surface area contributed by atoms with Gasteiger partial charge in [0.2, 0.25) is 0 Å². The molecule has 4 aromatic rings. The van der Waals surface area contributed by atoms with Gasteiger partial charge in [-0.05, 0) is 24.3 Å². The Morgan fingerprint density at radius 3 is 0.971 bits per heavy atom. The van der Waals surface area contributed by atoms with Crippen LogP contribution in [-0.2, 0) is 0 Å². The summed E-state index contributed by atoms with van der Waals surface area (Å²) in [6.07, 6.45) is 6.93. The summed E-state index contributed by atoms with van der Waals surface area (Å²) < 4.78 is 105. The minimum absolute atomic E-state index is 0.209. The van der Waals surface area contributed by atoms with Gasteiger partial charge in [0, 0.05) is 48.0 Å². The molecule has 0 unspecified atom stereocenters. The molecule has 0 saturated heterocycles. The SMILES string of the molecule is C(#Cc1ccncc1)c1ccncc1.Fc1cc(F)c(F)c(-c2c(F)c(F)cc(F)c2F)c1F. The highest BCUT2D eigenvalue weighted by molar-refractivity contribution is 5.67. The molecule has 0 aliphatic heterocycles. The number of hydrogen-bond acceptors (Lipinski definition) is 2. The Morgan fingerprint density at radius 1 is 0.441 bits per heavy atom. The Balaban J connectivity index is 0.000000202. The fourth-order valence-electron chi connectivity index (χ4n) is 2.60. The van der Waals surface area contributed by atoms with Gasteiger partial charge in [0.25, 0.3) is 0 Å². The van der Waals surface area contributed by atoms with Crippen molar-refractivity contribution in [2.75, 3.05) is 0 Å². The monoisotopic (exact) mass is 478 g/mol. The van der Waals surface area contributed by atoms with Crippen molar-refractivity contribution < 1.29 is 35.1 Å². The Labute approximate surface area is 187 Å². The van der Waals surface area contributed by atoms with Gasteiger partial charge in [0.1, 0.15) is 0 Å². The lowest BCUT2D eigenvalue weighted by molar-refractivity contribution is 0.441. The van der Waals surface area contributed by atoms with E-state index in [1.54, 1.807) is 24.8 Å². The molecule has 4 rings (SSSR count). The molecule has 0 saturated carbocycles. The van der Waals surface area contributed by atoms with E-state index < -0.39 is 57.7 Å². The summed E-state index contributed by atoms with van der Waals surface area (Å²) in [5, 5.41) is 0. The molecule has 0 bridgehead atoms. The van der Waals surface area contributed by atoms with Crippen molar-refractivity contribution in [3.05, 3.63) is 119 Å². The Morgan fingerprint density at radius 2 is 0.706 bits per heavy atom. The molecule has 0 N–H and O–H groups in total. The zero-order chi connectivity index (χ0) is 24.8. The van der Waals surface area contributed by atoms with Gasteiger partial charge in [-0.15, -0.1) is 0 Å². The highest BCUT2D eigenvalue weighted by Crippen LogP contribution is 2.35. The lowest BCUT2D eigenvalue weighted by atomic mass is 10.0. The lowest BCUT2D eigenvalue weighted by Gasteiger charge is -2.10. The topological polar surface area (TPSA) is 25.8 Å². The van der Waals surface area contributed by atoms with Crippen molar-refractivity contribution in [3.63, 3.8) is 0 Å². The minimum atomic E-state index is -2.17. The zero-order valence-electron chi connectivity index (χ0n) is 16.7. The van der Waals surface area contributed by atoms with E-state index in [0.717, 1.165) is 11.1 Å². The molecule has 0 fully saturated rings. The second-order valence-electron chi connectivity index (χ2n) is 6.41. The first-order chi connectivity index (χ1) is 16.2. The van der Waals surface area contributed by atoms with E-state index in [2.05, 4.69) is 21.8 Å². The molecule has 2 aromatic carbocycles. The average Bonchev–Trinajstić information content (AvgIpc) is 2.84. The molecule has 0 atom stereocenters. The first-order valence-electron chi connectivity index (χ1n) is 9.19. The number of nitrogens with zero attached hydrogens (tertiary/aromatic N) is 2. The number of halogens is 8. The number of rotatable bonds is 1. The van der Waals surface area contributed by atoms with Crippen LogP contribution in [0.1, 0.15) is 11.1 Å². The van der Waals surface area contributed by atoms with Crippen LogP contribution in [0.25, 0.3) is 11.1 Å². The van der Waals surface area contributed by atoms with Crippen LogP contribution in [0.4, 0.5) is 35.1 Å². The summed E-state index contributed by atoms with van der Waals surface area (Å²) in [6.45, 7) is 0. The fourth-order valence-corrected chi connectivity index (χ4v) is 2.60. The largest absolute Gasteiger partial charge is 0.265 e. The van der Waals surface area contributed by atoms with E-state index in [1.165, 1.54) is 0 Å². The number of hydrogen-bond donors (Lipinski definition) is 0. The van der Waals surface area contributed by atoms with Gasteiger partial charge >= 0.3 is 0 Å². The molecule has 0 radical (unpaired) electrons. The van der Waals surface area contributed by atoms with Gasteiger partial charge in [-0.2, -0.15) is 0 Å². The highest BCUT2D eigenvalue weighted by atomic mass is 19.2. The third-order valence-corrected chi connectivity index (χ3v) is 4.19. The van der Waals surface area contributed by atoms with E-state index in [-0.39, 0.29) is 12.1 Å². The van der Waals surface area contributed by atoms with Gasteiger partial charge in [-0.1, -0.05) is 11.8 Å². The summed E-state index contributed by atoms with van der Waals surface area (Å²) in [6, 6.07) is 7.12. The molecule has 0 spiro atoms. The van der Waals surface area contributed by atoms with Crippen molar-refractivity contribution in [1.29, 1.82) is 0 Å². The molecule has 172 valence electrons. The van der Waals surface area contributed by atoms with Crippen LogP contribution < -0.4 is 0 Å². The van der Waals surface area contributed by atoms with E-state index in [1.807, 2.05) is 24.3 Å². The third kappa shape index (κ3) is 5.38. The molecule has 10 heteroatoms. The van der Waals surface area contributed by atoms with E-state index in [4.69, 9.17) is 0 Å². The van der Waals surface area contributed by atoms with Crippen LogP contribution in [0.5, 0.6) is 0 Å². The molecule has 34 heavy (non-hydrogen) atoms. The molecule has 0 aliphatic rings. The summed E-state index contributed by atoms with van der Waals surface area (Å²) in [5.41, 5.74) is -1.79. The second kappa shape index (κ2) is 10.6. The standard InChI is InChI=1S/C12H2F8.C12H8N2/c13-3-1-4(14)10(18)7(9(3)17)8-11(19)5(15)2-6(16)12(8)20;1(11-3-7-13-8-4-11)2-12-5-9-14-10-6-12/h1-2H;3-10H. The van der Waals surface area contributed by atoms with Crippen molar-refractivity contribution in [2.45, 2.75) is 0 Å². The molecule has 2 heterocycles. The van der Waals surface area contributed by atoms with Crippen molar-refractivity contribution in [3.8, 4) is 23.0 Å². The smallest absolute Gasteiger partial charge is 0.170 e. The van der Waals surface area contributed by atoms with Crippen LogP contribution in [0.15, 0.2) is 61.2 Å². The van der Waals surface area contributed by atoms with Crippen LogP contribution in [0, 0.1) is 58.4 Å². The average molecular weight is 478 g/mol. The predicted molar refractivity (Wildman–Crippen MR) is 106 cm³/mol. The zero-order valence-corrected chi connectivity index (χ0v) is 16.7. The van der Waals surface area contributed by atoms with Crippen molar-refractivity contribution >= 4 is 0 Å². The van der Waals surface area contributed by atoms with Gasteiger partial charge in [-0.3, -0.25) is 9.97 Å². The number of aromatic nitrogens is 2. The Hall–Kier alpha value is -4.26. The normalized spacial score (nSPS) is 10.1. The van der Waals surface area contributed by atoms with E-state index in [9.17, 15) is 35.1 Å². The number of pyridine rings is 2. The summed E-state index contributed by atoms with van der Waals surface area (Å²) >= 11 is 0. The molecule has 0 aliphatic carbocycles. The second-order valence-corrected chi connectivity index (χ2v) is 6.41. The summed E-state index contributed by atoms with van der Waals surface area (Å²) in [7, 11) is 0. The van der Waals surface area contributed by atoms with E-state index >= 15 is 0 Å². The Kier molecular flexibility index (Phi) is 7.58. The van der Waals surface area contributed by atoms with Crippen LogP contribution in [0.2, 0.25) is 0 Å². The van der Waals surface area contributed by atoms with Gasteiger partial charge in [0.05, 0.1) is 11.1 Å². The third-order valence-electron chi connectivity index (χ3n) is 4.19. The molecular weight excluding hydrogens is 468 g/mol. The van der Waals surface area contributed by atoms with Crippen molar-refractivity contribution in [2.24, 2.45) is 0 Å². The molecule has 0 amide bonds. The first-order valence-corrected chi connectivity index (χ1v) is 9.19. The van der Waals surface area contributed by atoms with Crippen molar-refractivity contribution in [1.82, 2.24) is 9.97 Å². The highest BCUT2D eigenvalue weighted by Gasteiger charge is 2.29. The molecule has 2 nitrogen and oxygen atoms in total. The van der Waals surface area contributed by atoms with Crippen LogP contribution in [0.3, 0.4) is 0 Å². The molecule has 2 aromatic heterocycles. The Bertz CT molecular complexity index is 1220. The number of benzene rings is 2. The maximum Gasteiger partial charge on any atom is 0.170 e. The molecular formula is C24H10F8N2. The van der Waals surface area contributed by atoms with Gasteiger partial charge in [0.15, 0.2) is 46.5 Å². The minimum Gasteiger partial charge on any atom is -0.265 e. The quantitative estimate of drug-likeness (QED) is 0.181. The summed E-state index contributed by atoms with van der Waals surface area (Å²) in [4.78, 5) is 7.85. The van der Waals surface area contributed by atoms with Crippen LogP contribution >= 0.6 is 0 Å². The maximum atomic E-state index is 13.4. The van der Waals surface area contributed by atoms with Crippen LogP contribution in [-0.4, -0.2) is 9.97 Å². The van der Waals surface area contributed by atoms with E-state index in [0.29, 0.717) is 0 Å². The first kappa shape index (κ1) is 24.4. The maximum absolute atomic E-state index is 13.4. The summed E-state index contributed by atoms with van der Waals surface area (Å²) in [5.74, 6) is -10.5. The lowest BCUT2D eigenvalue weighted by Crippen LogP contribution is -2.05. The van der Waals surface area contributed by atoms with Gasteiger partial charge in [-0.25, -0.2) is 35.1 Å².